The van der Waals surface area contributed by atoms with Gasteiger partial charge < -0.3 is 14.8 Å². The van der Waals surface area contributed by atoms with Crippen LogP contribution in [0, 0.1) is 6.92 Å². The van der Waals surface area contributed by atoms with Gasteiger partial charge in [-0.1, -0.05) is 71.8 Å². The maximum atomic E-state index is 12.9. The summed E-state index contributed by atoms with van der Waals surface area (Å²) < 4.78 is 11.7. The fourth-order valence-corrected chi connectivity index (χ4v) is 3.84. The first-order valence-electron chi connectivity index (χ1n) is 11.0. The van der Waals surface area contributed by atoms with Crippen molar-refractivity contribution in [1.29, 1.82) is 0 Å². The fourth-order valence-electron chi connectivity index (χ4n) is 3.56. The molecule has 34 heavy (non-hydrogen) atoms. The van der Waals surface area contributed by atoms with Gasteiger partial charge in [0.15, 0.2) is 11.5 Å². The summed E-state index contributed by atoms with van der Waals surface area (Å²) in [5.74, 6) is 0.493. The highest BCUT2D eigenvalue weighted by Crippen LogP contribution is 2.38. The van der Waals surface area contributed by atoms with Crippen LogP contribution < -0.4 is 14.8 Å². The van der Waals surface area contributed by atoms with Crippen LogP contribution in [0.2, 0.25) is 5.02 Å². The Labute approximate surface area is 203 Å². The zero-order valence-electron chi connectivity index (χ0n) is 19.0. The first kappa shape index (κ1) is 23.4. The molecule has 1 heterocycles. The van der Waals surface area contributed by atoms with E-state index in [0.717, 1.165) is 16.7 Å². The molecule has 174 valence electrons. The standard InChI is InChI=1S/C27H25ClN2O4/c1-3-33-24-15-21(13-22(28)25(24)34-17-20-7-5-4-6-8-20)14-23-26(31)30(27(32)29-23)16-19-11-9-18(2)10-12-19/h4-15H,3,16-17H2,1-2H3,(H,29,32)/b23-14+. The number of ether oxygens (including phenoxy) is 2. The van der Waals surface area contributed by atoms with E-state index in [1.54, 1.807) is 18.2 Å². The number of rotatable bonds is 8. The van der Waals surface area contributed by atoms with E-state index in [0.29, 0.717) is 35.3 Å². The Hall–Kier alpha value is -3.77. The van der Waals surface area contributed by atoms with E-state index in [-0.39, 0.29) is 12.2 Å². The predicted molar refractivity (Wildman–Crippen MR) is 132 cm³/mol. The molecule has 1 fully saturated rings. The average molecular weight is 477 g/mol. The smallest absolute Gasteiger partial charge is 0.329 e. The van der Waals surface area contributed by atoms with Crippen molar-refractivity contribution in [2.45, 2.75) is 27.0 Å². The van der Waals surface area contributed by atoms with E-state index in [9.17, 15) is 9.59 Å². The molecule has 0 radical (unpaired) electrons. The monoisotopic (exact) mass is 476 g/mol. The van der Waals surface area contributed by atoms with Crippen LogP contribution >= 0.6 is 11.6 Å². The SMILES string of the molecule is CCOc1cc(/C=C2/NC(=O)N(Cc3ccc(C)cc3)C2=O)cc(Cl)c1OCc1ccccc1. The molecule has 1 aliphatic heterocycles. The van der Waals surface area contributed by atoms with E-state index in [2.05, 4.69) is 5.32 Å². The number of hydrogen-bond donors (Lipinski definition) is 1. The van der Waals surface area contributed by atoms with Gasteiger partial charge in [0.1, 0.15) is 12.3 Å². The van der Waals surface area contributed by atoms with Gasteiger partial charge in [0, 0.05) is 0 Å². The normalized spacial score (nSPS) is 14.4. The van der Waals surface area contributed by atoms with Crippen molar-refractivity contribution in [1.82, 2.24) is 10.2 Å². The molecule has 1 saturated heterocycles. The zero-order chi connectivity index (χ0) is 24.1. The summed E-state index contributed by atoms with van der Waals surface area (Å²) in [6.45, 7) is 4.79. The highest BCUT2D eigenvalue weighted by atomic mass is 35.5. The lowest BCUT2D eigenvalue weighted by molar-refractivity contribution is -0.123. The topological polar surface area (TPSA) is 67.9 Å². The molecule has 7 heteroatoms. The second-order valence-electron chi connectivity index (χ2n) is 7.90. The molecule has 6 nitrogen and oxygen atoms in total. The van der Waals surface area contributed by atoms with Crippen molar-refractivity contribution in [3.8, 4) is 11.5 Å². The van der Waals surface area contributed by atoms with Gasteiger partial charge in [0.2, 0.25) is 0 Å². The minimum absolute atomic E-state index is 0.175. The van der Waals surface area contributed by atoms with E-state index in [4.69, 9.17) is 21.1 Å². The molecule has 1 N–H and O–H groups in total. The van der Waals surface area contributed by atoms with Crippen LogP contribution in [0.25, 0.3) is 6.08 Å². The Morgan fingerprint density at radius 3 is 2.41 bits per heavy atom. The van der Waals surface area contributed by atoms with Crippen LogP contribution in [0.15, 0.2) is 72.4 Å². The number of imide groups is 1. The number of carbonyl (C=O) groups excluding carboxylic acids is 2. The maximum absolute atomic E-state index is 12.9. The van der Waals surface area contributed by atoms with Gasteiger partial charge >= 0.3 is 6.03 Å². The van der Waals surface area contributed by atoms with E-state index in [1.807, 2.05) is 68.4 Å². The van der Waals surface area contributed by atoms with Crippen LogP contribution in [0.3, 0.4) is 0 Å². The summed E-state index contributed by atoms with van der Waals surface area (Å²) in [5, 5.41) is 3.00. The molecule has 3 aromatic rings. The Morgan fingerprint density at radius 1 is 0.971 bits per heavy atom. The van der Waals surface area contributed by atoms with Crippen molar-refractivity contribution in [3.05, 3.63) is 99.7 Å². The summed E-state index contributed by atoms with van der Waals surface area (Å²) in [5.41, 5.74) is 3.77. The maximum Gasteiger partial charge on any atom is 0.329 e. The molecule has 0 unspecified atom stereocenters. The fraction of sp³-hybridized carbons (Fsp3) is 0.185. The second kappa shape index (κ2) is 10.4. The molecule has 1 aliphatic rings. The predicted octanol–water partition coefficient (Wildman–Crippen LogP) is 5.72. The lowest BCUT2D eigenvalue weighted by Gasteiger charge is -2.15. The highest BCUT2D eigenvalue weighted by molar-refractivity contribution is 6.32. The summed E-state index contributed by atoms with van der Waals surface area (Å²) in [6, 6.07) is 20.4. The number of nitrogens with zero attached hydrogens (tertiary/aromatic N) is 1. The largest absolute Gasteiger partial charge is 0.490 e. The quantitative estimate of drug-likeness (QED) is 0.333. The van der Waals surface area contributed by atoms with Gasteiger partial charge in [-0.15, -0.1) is 0 Å². The highest BCUT2D eigenvalue weighted by Gasteiger charge is 2.33. The van der Waals surface area contributed by atoms with Crippen molar-refractivity contribution in [2.24, 2.45) is 0 Å². The Bertz CT molecular complexity index is 1220. The zero-order valence-corrected chi connectivity index (χ0v) is 19.8. The van der Waals surface area contributed by atoms with Crippen molar-refractivity contribution in [3.63, 3.8) is 0 Å². The molecular weight excluding hydrogens is 452 g/mol. The lowest BCUT2D eigenvalue weighted by Crippen LogP contribution is -2.30. The van der Waals surface area contributed by atoms with Crippen molar-refractivity contribution >= 4 is 29.6 Å². The summed E-state index contributed by atoms with van der Waals surface area (Å²) >= 11 is 6.52. The van der Waals surface area contributed by atoms with E-state index in [1.165, 1.54) is 4.90 Å². The molecule has 0 bridgehead atoms. The van der Waals surface area contributed by atoms with Gasteiger partial charge in [-0.05, 0) is 48.7 Å². The van der Waals surface area contributed by atoms with Crippen LogP contribution in [0.4, 0.5) is 4.79 Å². The number of amides is 3. The Balaban J connectivity index is 1.55. The second-order valence-corrected chi connectivity index (χ2v) is 8.31. The molecule has 0 spiro atoms. The number of aryl methyl sites for hydroxylation is 1. The number of nitrogens with one attached hydrogen (secondary N) is 1. The molecule has 0 aliphatic carbocycles. The first-order valence-corrected chi connectivity index (χ1v) is 11.4. The van der Waals surface area contributed by atoms with E-state index >= 15 is 0 Å². The van der Waals surface area contributed by atoms with Gasteiger partial charge in [-0.2, -0.15) is 0 Å². The van der Waals surface area contributed by atoms with Gasteiger partial charge in [-0.25, -0.2) is 4.79 Å². The molecular formula is C27H25ClN2O4. The molecule has 0 aromatic heterocycles. The van der Waals surface area contributed by atoms with Crippen molar-refractivity contribution < 1.29 is 19.1 Å². The van der Waals surface area contributed by atoms with Crippen LogP contribution in [0.5, 0.6) is 11.5 Å². The minimum Gasteiger partial charge on any atom is -0.490 e. The first-order chi connectivity index (χ1) is 16.4. The van der Waals surface area contributed by atoms with Crippen LogP contribution in [-0.4, -0.2) is 23.4 Å². The third-order valence-electron chi connectivity index (χ3n) is 5.29. The third-order valence-corrected chi connectivity index (χ3v) is 5.57. The summed E-state index contributed by atoms with van der Waals surface area (Å²) in [4.78, 5) is 26.5. The van der Waals surface area contributed by atoms with Gasteiger partial charge in [-0.3, -0.25) is 9.69 Å². The third kappa shape index (κ3) is 5.41. The number of halogens is 1. The molecule has 3 amide bonds. The number of benzene rings is 3. The Kier molecular flexibility index (Phi) is 7.18. The Morgan fingerprint density at radius 2 is 1.71 bits per heavy atom. The molecule has 0 atom stereocenters. The minimum atomic E-state index is -0.462. The van der Waals surface area contributed by atoms with Crippen LogP contribution in [-0.2, 0) is 17.9 Å². The molecule has 3 aromatic carbocycles. The van der Waals surface area contributed by atoms with Crippen molar-refractivity contribution in [2.75, 3.05) is 6.61 Å². The summed E-state index contributed by atoms with van der Waals surface area (Å²) in [7, 11) is 0. The number of urea groups is 1. The summed E-state index contributed by atoms with van der Waals surface area (Å²) in [6.07, 6.45) is 1.59. The number of carbonyl (C=O) groups is 2. The van der Waals surface area contributed by atoms with Crippen LogP contribution in [0.1, 0.15) is 29.2 Å². The number of hydrogen-bond acceptors (Lipinski definition) is 4. The molecule has 4 rings (SSSR count). The van der Waals surface area contributed by atoms with Gasteiger partial charge in [0.25, 0.3) is 5.91 Å². The molecule has 0 saturated carbocycles. The van der Waals surface area contributed by atoms with E-state index < -0.39 is 11.9 Å². The lowest BCUT2D eigenvalue weighted by atomic mass is 10.1. The average Bonchev–Trinajstić information content (AvgIpc) is 3.08. The van der Waals surface area contributed by atoms with Gasteiger partial charge in [0.05, 0.1) is 18.2 Å².